The highest BCUT2D eigenvalue weighted by Crippen LogP contribution is 2.15. The van der Waals surface area contributed by atoms with Crippen molar-refractivity contribution in [2.75, 3.05) is 30.4 Å². The lowest BCUT2D eigenvalue weighted by Crippen LogP contribution is -2.26. The van der Waals surface area contributed by atoms with E-state index >= 15 is 0 Å². The van der Waals surface area contributed by atoms with Crippen LogP contribution in [0.1, 0.15) is 13.3 Å². The summed E-state index contributed by atoms with van der Waals surface area (Å²) in [5.74, 6) is 1.81. The Bertz CT molecular complexity index is 270. The number of methoxy groups -OCH3 is 1. The van der Waals surface area contributed by atoms with Crippen LogP contribution in [0.2, 0.25) is 0 Å². The maximum absolute atomic E-state index is 5.08. The predicted molar refractivity (Wildman–Crippen MR) is 67.1 cm³/mol. The number of alkyl halides is 1. The number of hydrogen-bond acceptors (Lipinski definition) is 3. The minimum absolute atomic E-state index is 0.800. The molecule has 0 bridgehead atoms. The number of ether oxygens (including phenoxy) is 1. The second-order valence-corrected chi connectivity index (χ2v) is 4.03. The van der Waals surface area contributed by atoms with Crippen LogP contribution in [0.4, 0.5) is 5.82 Å². The number of pyridine rings is 1. The zero-order chi connectivity index (χ0) is 11.1. The standard InChI is InChI=1S/C11H17BrN2O/c1-3-7-14(8-6-12)11-5-4-10(15-2)9-13-11/h4-5,9H,3,6-8H2,1-2H3. The van der Waals surface area contributed by atoms with Crippen molar-refractivity contribution in [3.63, 3.8) is 0 Å². The molecule has 0 aliphatic carbocycles. The van der Waals surface area contributed by atoms with E-state index in [-0.39, 0.29) is 0 Å². The minimum atomic E-state index is 0.800. The molecule has 0 spiro atoms. The second kappa shape index (κ2) is 6.67. The number of aromatic nitrogens is 1. The van der Waals surface area contributed by atoms with Crippen molar-refractivity contribution in [1.82, 2.24) is 4.98 Å². The van der Waals surface area contributed by atoms with Crippen molar-refractivity contribution in [1.29, 1.82) is 0 Å². The van der Waals surface area contributed by atoms with Crippen LogP contribution < -0.4 is 9.64 Å². The molecule has 0 atom stereocenters. The number of anilines is 1. The zero-order valence-corrected chi connectivity index (χ0v) is 10.8. The van der Waals surface area contributed by atoms with E-state index in [0.717, 1.165) is 36.4 Å². The van der Waals surface area contributed by atoms with Gasteiger partial charge in [0, 0.05) is 18.4 Å². The summed E-state index contributed by atoms with van der Waals surface area (Å²) in [4.78, 5) is 6.63. The lowest BCUT2D eigenvalue weighted by Gasteiger charge is -2.22. The lowest BCUT2D eigenvalue weighted by atomic mass is 10.3. The average Bonchev–Trinajstić information content (AvgIpc) is 2.29. The number of halogens is 1. The Morgan fingerprint density at radius 1 is 1.40 bits per heavy atom. The normalized spacial score (nSPS) is 10.1. The second-order valence-electron chi connectivity index (χ2n) is 3.23. The van der Waals surface area contributed by atoms with Crippen LogP contribution in [0.3, 0.4) is 0 Å². The van der Waals surface area contributed by atoms with E-state index < -0.39 is 0 Å². The molecule has 1 aromatic heterocycles. The van der Waals surface area contributed by atoms with E-state index in [2.05, 4.69) is 32.7 Å². The molecule has 0 saturated carbocycles. The van der Waals surface area contributed by atoms with Crippen molar-refractivity contribution in [2.45, 2.75) is 13.3 Å². The summed E-state index contributed by atoms with van der Waals surface area (Å²) in [5, 5.41) is 0.959. The van der Waals surface area contributed by atoms with Crippen LogP contribution in [0.15, 0.2) is 18.3 Å². The van der Waals surface area contributed by atoms with Crippen molar-refractivity contribution >= 4 is 21.7 Å². The number of nitrogens with zero attached hydrogens (tertiary/aromatic N) is 2. The fraction of sp³-hybridized carbons (Fsp3) is 0.545. The van der Waals surface area contributed by atoms with Crippen LogP contribution in [-0.2, 0) is 0 Å². The molecule has 0 N–H and O–H groups in total. The fourth-order valence-electron chi connectivity index (χ4n) is 1.39. The summed E-state index contributed by atoms with van der Waals surface area (Å²) in [6, 6.07) is 3.94. The van der Waals surface area contributed by atoms with Crippen LogP contribution >= 0.6 is 15.9 Å². The van der Waals surface area contributed by atoms with Gasteiger partial charge in [0.05, 0.1) is 13.3 Å². The van der Waals surface area contributed by atoms with Gasteiger partial charge in [-0.15, -0.1) is 0 Å². The number of hydrogen-bond donors (Lipinski definition) is 0. The van der Waals surface area contributed by atoms with E-state index in [1.54, 1.807) is 13.3 Å². The van der Waals surface area contributed by atoms with Crippen LogP contribution in [0.25, 0.3) is 0 Å². The molecule has 15 heavy (non-hydrogen) atoms. The summed E-state index contributed by atoms with van der Waals surface area (Å²) in [6.07, 6.45) is 2.88. The smallest absolute Gasteiger partial charge is 0.137 e. The molecule has 0 amide bonds. The monoisotopic (exact) mass is 272 g/mol. The third kappa shape index (κ3) is 3.70. The van der Waals surface area contributed by atoms with E-state index in [4.69, 9.17) is 4.74 Å². The first-order chi connectivity index (χ1) is 7.31. The summed E-state index contributed by atoms with van der Waals surface area (Å²) < 4.78 is 5.08. The first-order valence-corrected chi connectivity index (χ1v) is 6.25. The Hall–Kier alpha value is -0.770. The van der Waals surface area contributed by atoms with Gasteiger partial charge in [0.15, 0.2) is 0 Å². The lowest BCUT2D eigenvalue weighted by molar-refractivity contribution is 0.413. The van der Waals surface area contributed by atoms with Gasteiger partial charge in [0.25, 0.3) is 0 Å². The molecule has 84 valence electrons. The van der Waals surface area contributed by atoms with Crippen molar-refractivity contribution in [2.24, 2.45) is 0 Å². The average molecular weight is 273 g/mol. The van der Waals surface area contributed by atoms with Gasteiger partial charge in [-0.3, -0.25) is 0 Å². The first kappa shape index (κ1) is 12.3. The molecule has 0 radical (unpaired) electrons. The molecule has 1 rings (SSSR count). The highest BCUT2D eigenvalue weighted by molar-refractivity contribution is 9.09. The molecule has 0 aliphatic heterocycles. The molecular formula is C11H17BrN2O. The minimum Gasteiger partial charge on any atom is -0.495 e. The van der Waals surface area contributed by atoms with E-state index in [1.165, 1.54) is 0 Å². The molecular weight excluding hydrogens is 256 g/mol. The van der Waals surface area contributed by atoms with Crippen LogP contribution in [-0.4, -0.2) is 30.5 Å². The van der Waals surface area contributed by atoms with Crippen LogP contribution in [0.5, 0.6) is 5.75 Å². The van der Waals surface area contributed by atoms with Gasteiger partial charge in [-0.2, -0.15) is 0 Å². The fourth-order valence-corrected chi connectivity index (χ4v) is 1.82. The maximum atomic E-state index is 5.08. The largest absolute Gasteiger partial charge is 0.495 e. The van der Waals surface area contributed by atoms with Gasteiger partial charge in [-0.25, -0.2) is 4.98 Å². The van der Waals surface area contributed by atoms with Gasteiger partial charge >= 0.3 is 0 Å². The Morgan fingerprint density at radius 2 is 2.20 bits per heavy atom. The van der Waals surface area contributed by atoms with Crippen molar-refractivity contribution < 1.29 is 4.74 Å². The zero-order valence-electron chi connectivity index (χ0n) is 9.24. The Labute approximate surface area is 99.6 Å². The summed E-state index contributed by atoms with van der Waals surface area (Å²) in [7, 11) is 1.65. The van der Waals surface area contributed by atoms with E-state index in [0.29, 0.717) is 0 Å². The van der Waals surface area contributed by atoms with E-state index in [9.17, 15) is 0 Å². The third-order valence-corrected chi connectivity index (χ3v) is 2.48. The summed E-state index contributed by atoms with van der Waals surface area (Å²) in [6.45, 7) is 4.18. The molecule has 0 fully saturated rings. The molecule has 0 unspecified atom stereocenters. The van der Waals surface area contributed by atoms with Gasteiger partial charge in [0.2, 0.25) is 0 Å². The van der Waals surface area contributed by atoms with Gasteiger partial charge in [-0.1, -0.05) is 22.9 Å². The Kier molecular flexibility index (Phi) is 5.47. The molecule has 0 aromatic carbocycles. The Balaban J connectivity index is 2.72. The molecule has 0 saturated heterocycles. The molecule has 3 nitrogen and oxygen atoms in total. The van der Waals surface area contributed by atoms with Gasteiger partial charge < -0.3 is 9.64 Å². The predicted octanol–water partition coefficient (Wildman–Crippen LogP) is 2.70. The molecule has 1 aromatic rings. The Morgan fingerprint density at radius 3 is 2.67 bits per heavy atom. The molecule has 0 aliphatic rings. The van der Waals surface area contributed by atoms with Crippen LogP contribution in [0, 0.1) is 0 Å². The quantitative estimate of drug-likeness (QED) is 0.745. The third-order valence-electron chi connectivity index (χ3n) is 2.13. The van der Waals surface area contributed by atoms with E-state index in [1.807, 2.05) is 12.1 Å². The molecule has 1 heterocycles. The highest BCUT2D eigenvalue weighted by Gasteiger charge is 2.05. The number of rotatable bonds is 6. The SMILES string of the molecule is CCCN(CCBr)c1ccc(OC)cn1. The highest BCUT2D eigenvalue weighted by atomic mass is 79.9. The first-order valence-electron chi connectivity index (χ1n) is 5.12. The summed E-state index contributed by atoms with van der Waals surface area (Å²) >= 11 is 3.45. The maximum Gasteiger partial charge on any atom is 0.137 e. The van der Waals surface area contributed by atoms with Gasteiger partial charge in [0.1, 0.15) is 11.6 Å². The van der Waals surface area contributed by atoms with Crippen molar-refractivity contribution in [3.05, 3.63) is 18.3 Å². The summed E-state index contributed by atoms with van der Waals surface area (Å²) in [5.41, 5.74) is 0. The van der Waals surface area contributed by atoms with Crippen molar-refractivity contribution in [3.8, 4) is 5.75 Å². The van der Waals surface area contributed by atoms with Gasteiger partial charge in [-0.05, 0) is 18.6 Å². The topological polar surface area (TPSA) is 25.4 Å². The molecule has 4 heteroatoms.